The van der Waals surface area contributed by atoms with Gasteiger partial charge in [-0.05, 0) is 35.0 Å². The Morgan fingerprint density at radius 2 is 1.86 bits per heavy atom. The number of nitrogens with zero attached hydrogens (tertiary/aromatic N) is 2. The number of carbonyl (C=O) groups excluding carboxylic acids is 1. The van der Waals surface area contributed by atoms with Crippen LogP contribution >= 0.6 is 0 Å². The topological polar surface area (TPSA) is 45.8 Å². The molecular weight excluding hydrogens is 276 g/mol. The summed E-state index contributed by atoms with van der Waals surface area (Å²) in [6.07, 6.45) is 1.62. The summed E-state index contributed by atoms with van der Waals surface area (Å²) in [6, 6.07) is 15.9. The van der Waals surface area contributed by atoms with Crippen LogP contribution in [0.3, 0.4) is 0 Å². The van der Waals surface area contributed by atoms with E-state index in [2.05, 4.69) is 17.1 Å². The predicted molar refractivity (Wildman–Crippen MR) is 86.6 cm³/mol. The highest BCUT2D eigenvalue weighted by atomic mass is 16.3. The molecule has 0 radical (unpaired) electrons. The largest absolute Gasteiger partial charge is 0.463 e. The van der Waals surface area contributed by atoms with Gasteiger partial charge in [0.1, 0.15) is 12.3 Å². The van der Waals surface area contributed by atoms with E-state index in [1.165, 1.54) is 0 Å². The summed E-state index contributed by atoms with van der Waals surface area (Å²) in [6.45, 7) is 0.123. The van der Waals surface area contributed by atoms with Gasteiger partial charge in [-0.2, -0.15) is 0 Å². The molecule has 4 nitrogen and oxygen atoms in total. The van der Waals surface area contributed by atoms with E-state index in [9.17, 15) is 4.79 Å². The third-order valence-corrected chi connectivity index (χ3v) is 3.98. The van der Waals surface area contributed by atoms with Crippen molar-refractivity contribution in [1.29, 1.82) is 0 Å². The van der Waals surface area contributed by atoms with Crippen LogP contribution in [-0.2, 0) is 4.79 Å². The van der Waals surface area contributed by atoms with Crippen molar-refractivity contribution in [2.75, 3.05) is 18.5 Å². The molecule has 0 atom stereocenters. The second-order valence-corrected chi connectivity index (χ2v) is 5.31. The van der Waals surface area contributed by atoms with Gasteiger partial charge >= 0.3 is 0 Å². The third kappa shape index (κ3) is 1.92. The van der Waals surface area contributed by atoms with Crippen molar-refractivity contribution in [2.24, 2.45) is 4.99 Å². The number of hydrogen-bond acceptors (Lipinski definition) is 3. The lowest BCUT2D eigenvalue weighted by Crippen LogP contribution is -2.27. The molecule has 4 heteroatoms. The van der Waals surface area contributed by atoms with Crippen molar-refractivity contribution in [3.8, 4) is 0 Å². The van der Waals surface area contributed by atoms with Gasteiger partial charge in [0.25, 0.3) is 0 Å². The fraction of sp³-hybridized carbons (Fsp3) is 0.111. The maximum absolute atomic E-state index is 12.2. The van der Waals surface area contributed by atoms with Gasteiger partial charge in [0.15, 0.2) is 5.76 Å². The second-order valence-electron chi connectivity index (χ2n) is 5.31. The van der Waals surface area contributed by atoms with E-state index in [0.717, 1.165) is 27.7 Å². The van der Waals surface area contributed by atoms with Crippen molar-refractivity contribution in [2.45, 2.75) is 0 Å². The lowest BCUT2D eigenvalue weighted by atomic mass is 10.00. The van der Waals surface area contributed by atoms with Gasteiger partial charge in [0.05, 0.1) is 12.0 Å². The molecule has 22 heavy (non-hydrogen) atoms. The van der Waals surface area contributed by atoms with Gasteiger partial charge in [-0.3, -0.25) is 9.79 Å². The SMILES string of the molecule is CN1C(=O)CN=C(c2ccco2)c2cc3ccccc3cc21. The van der Waals surface area contributed by atoms with Crippen LogP contribution in [0.5, 0.6) is 0 Å². The molecule has 1 amide bonds. The lowest BCUT2D eigenvalue weighted by Gasteiger charge is -2.18. The number of amides is 1. The summed E-state index contributed by atoms with van der Waals surface area (Å²) >= 11 is 0. The minimum Gasteiger partial charge on any atom is -0.463 e. The average molecular weight is 290 g/mol. The van der Waals surface area contributed by atoms with E-state index in [-0.39, 0.29) is 12.5 Å². The van der Waals surface area contributed by atoms with Gasteiger partial charge in [0, 0.05) is 12.6 Å². The Labute approximate surface area is 127 Å². The number of carbonyl (C=O) groups is 1. The number of likely N-dealkylation sites (N-methyl/N-ethyl adjacent to an activating group) is 1. The first kappa shape index (κ1) is 12.8. The summed E-state index contributed by atoms with van der Waals surface area (Å²) in [5.41, 5.74) is 2.50. The first-order valence-corrected chi connectivity index (χ1v) is 7.12. The van der Waals surface area contributed by atoms with Crippen molar-refractivity contribution in [3.63, 3.8) is 0 Å². The minimum atomic E-state index is -0.0295. The molecule has 1 aliphatic rings. The number of rotatable bonds is 1. The molecule has 2 heterocycles. The Bertz CT molecular complexity index is 895. The van der Waals surface area contributed by atoms with Crippen LogP contribution in [0, 0.1) is 0 Å². The lowest BCUT2D eigenvalue weighted by molar-refractivity contribution is -0.116. The number of benzene rings is 2. The van der Waals surface area contributed by atoms with Gasteiger partial charge in [-0.25, -0.2) is 0 Å². The predicted octanol–water partition coefficient (Wildman–Crippen LogP) is 3.25. The molecule has 0 saturated heterocycles. The van der Waals surface area contributed by atoms with Gasteiger partial charge in [-0.15, -0.1) is 0 Å². The molecule has 0 N–H and O–H groups in total. The van der Waals surface area contributed by atoms with Crippen LogP contribution in [0.2, 0.25) is 0 Å². The fourth-order valence-electron chi connectivity index (χ4n) is 2.79. The zero-order valence-corrected chi connectivity index (χ0v) is 12.1. The molecule has 0 aliphatic carbocycles. The van der Waals surface area contributed by atoms with E-state index in [1.807, 2.05) is 36.4 Å². The fourth-order valence-corrected chi connectivity index (χ4v) is 2.79. The molecule has 3 aromatic rings. The quantitative estimate of drug-likeness (QED) is 0.690. The molecule has 0 unspecified atom stereocenters. The van der Waals surface area contributed by atoms with E-state index in [0.29, 0.717) is 5.76 Å². The first-order chi connectivity index (χ1) is 10.7. The van der Waals surface area contributed by atoms with Crippen LogP contribution in [0.25, 0.3) is 10.8 Å². The van der Waals surface area contributed by atoms with Crippen molar-refractivity contribution >= 4 is 28.1 Å². The number of anilines is 1. The average Bonchev–Trinajstić information content (AvgIpc) is 3.04. The van der Waals surface area contributed by atoms with E-state index < -0.39 is 0 Å². The van der Waals surface area contributed by atoms with Crippen LogP contribution < -0.4 is 4.90 Å². The van der Waals surface area contributed by atoms with Crippen molar-refractivity contribution < 1.29 is 9.21 Å². The van der Waals surface area contributed by atoms with Crippen LogP contribution in [0.1, 0.15) is 11.3 Å². The minimum absolute atomic E-state index is 0.0295. The highest BCUT2D eigenvalue weighted by Gasteiger charge is 2.24. The maximum atomic E-state index is 12.2. The zero-order valence-electron chi connectivity index (χ0n) is 12.1. The molecule has 1 aromatic heterocycles. The van der Waals surface area contributed by atoms with E-state index in [4.69, 9.17) is 4.42 Å². The number of hydrogen-bond donors (Lipinski definition) is 0. The van der Waals surface area contributed by atoms with E-state index in [1.54, 1.807) is 18.2 Å². The molecule has 0 spiro atoms. The van der Waals surface area contributed by atoms with Gasteiger partial charge in [-0.1, -0.05) is 24.3 Å². The highest BCUT2D eigenvalue weighted by Crippen LogP contribution is 2.30. The van der Waals surface area contributed by atoms with Crippen LogP contribution in [-0.4, -0.2) is 25.2 Å². The molecule has 4 rings (SSSR count). The normalized spacial score (nSPS) is 14.7. The Balaban J connectivity index is 2.03. The Hall–Kier alpha value is -2.88. The molecule has 2 aromatic carbocycles. The van der Waals surface area contributed by atoms with Crippen molar-refractivity contribution in [1.82, 2.24) is 0 Å². The summed E-state index contributed by atoms with van der Waals surface area (Å²) in [5, 5.41) is 2.21. The molecule has 1 aliphatic heterocycles. The number of aliphatic imine (C=N–C) groups is 1. The smallest absolute Gasteiger partial charge is 0.248 e. The standard InChI is InChI=1S/C18H14N2O2/c1-20-15-10-13-6-3-2-5-12(13)9-14(15)18(19-11-17(20)21)16-7-4-8-22-16/h2-10H,11H2,1H3. The van der Waals surface area contributed by atoms with Crippen molar-refractivity contribution in [3.05, 3.63) is 66.1 Å². The summed E-state index contributed by atoms with van der Waals surface area (Å²) in [5.74, 6) is 0.651. The molecule has 108 valence electrons. The number of furan rings is 1. The van der Waals surface area contributed by atoms with Gasteiger partial charge in [0.2, 0.25) is 5.91 Å². The Morgan fingerprint density at radius 3 is 2.59 bits per heavy atom. The second kappa shape index (κ2) is 4.84. The van der Waals surface area contributed by atoms with Gasteiger partial charge < -0.3 is 9.32 Å². The zero-order chi connectivity index (χ0) is 15.1. The van der Waals surface area contributed by atoms with E-state index >= 15 is 0 Å². The monoisotopic (exact) mass is 290 g/mol. The highest BCUT2D eigenvalue weighted by molar-refractivity contribution is 6.20. The van der Waals surface area contributed by atoms with Crippen LogP contribution in [0.15, 0.2) is 64.2 Å². The number of fused-ring (bicyclic) bond motifs is 2. The maximum Gasteiger partial charge on any atom is 0.248 e. The molecular formula is C18H14N2O2. The Morgan fingerprint density at radius 1 is 1.09 bits per heavy atom. The Kier molecular flexibility index (Phi) is 2.82. The molecule has 0 saturated carbocycles. The summed E-state index contributed by atoms with van der Waals surface area (Å²) in [7, 11) is 1.79. The summed E-state index contributed by atoms with van der Waals surface area (Å²) in [4.78, 5) is 18.4. The summed E-state index contributed by atoms with van der Waals surface area (Å²) < 4.78 is 5.51. The molecule has 0 bridgehead atoms. The van der Waals surface area contributed by atoms with Crippen LogP contribution in [0.4, 0.5) is 5.69 Å². The first-order valence-electron chi connectivity index (χ1n) is 7.12. The third-order valence-electron chi connectivity index (χ3n) is 3.98. The molecule has 0 fully saturated rings.